The largest absolute Gasteiger partial charge is 0.481 e. The van der Waals surface area contributed by atoms with E-state index < -0.39 is 5.97 Å². The molecule has 0 amide bonds. The van der Waals surface area contributed by atoms with Crippen molar-refractivity contribution < 1.29 is 9.90 Å². The second-order valence-electron chi connectivity index (χ2n) is 3.70. The van der Waals surface area contributed by atoms with Crippen LogP contribution < -0.4 is 0 Å². The maximum atomic E-state index is 10.5. The van der Waals surface area contributed by atoms with E-state index in [1.165, 1.54) is 16.7 Å². The fourth-order valence-electron chi connectivity index (χ4n) is 1.72. The van der Waals surface area contributed by atoms with Crippen LogP contribution in [0.4, 0.5) is 0 Å². The maximum Gasteiger partial charge on any atom is 0.303 e. The molecule has 0 aliphatic heterocycles. The van der Waals surface area contributed by atoms with Crippen LogP contribution in [0.2, 0.25) is 0 Å². The first kappa shape index (κ1) is 11.8. The van der Waals surface area contributed by atoms with Gasteiger partial charge in [0.2, 0.25) is 0 Å². The first-order chi connectivity index (χ1) is 7.17. The molecule has 0 heterocycles. The number of rotatable bonds is 5. The topological polar surface area (TPSA) is 37.3 Å². The molecule has 0 aromatic heterocycles. The number of aliphatic carboxylic acids is 1. The summed E-state index contributed by atoms with van der Waals surface area (Å²) in [6, 6.07) is 6.39. The summed E-state index contributed by atoms with van der Waals surface area (Å²) >= 11 is 0. The molecule has 0 radical (unpaired) electrons. The summed E-state index contributed by atoms with van der Waals surface area (Å²) in [4.78, 5) is 10.5. The lowest BCUT2D eigenvalue weighted by atomic mass is 9.97. The minimum atomic E-state index is -0.723. The SMILES string of the molecule is CCc1ccc(CC)c(CCC(=O)O)c1. The van der Waals surface area contributed by atoms with Gasteiger partial charge in [0.25, 0.3) is 0 Å². The zero-order valence-electron chi connectivity index (χ0n) is 9.42. The molecule has 2 nitrogen and oxygen atoms in total. The van der Waals surface area contributed by atoms with Gasteiger partial charge in [0.1, 0.15) is 0 Å². The van der Waals surface area contributed by atoms with Crippen LogP contribution >= 0.6 is 0 Å². The van der Waals surface area contributed by atoms with E-state index in [1.54, 1.807) is 0 Å². The first-order valence-corrected chi connectivity index (χ1v) is 5.49. The van der Waals surface area contributed by atoms with Crippen molar-refractivity contribution in [1.29, 1.82) is 0 Å². The molecule has 15 heavy (non-hydrogen) atoms. The third kappa shape index (κ3) is 3.39. The smallest absolute Gasteiger partial charge is 0.303 e. The summed E-state index contributed by atoms with van der Waals surface area (Å²) in [5, 5.41) is 8.66. The molecule has 0 aliphatic rings. The number of carboxylic acids is 1. The molecule has 1 rings (SSSR count). The Hall–Kier alpha value is -1.31. The molecule has 1 aromatic rings. The van der Waals surface area contributed by atoms with Gasteiger partial charge in [-0.05, 0) is 36.0 Å². The Bertz CT molecular complexity index is 342. The van der Waals surface area contributed by atoms with Crippen molar-refractivity contribution in [1.82, 2.24) is 0 Å². The Morgan fingerprint density at radius 1 is 1.20 bits per heavy atom. The van der Waals surface area contributed by atoms with E-state index in [1.807, 2.05) is 0 Å². The van der Waals surface area contributed by atoms with Gasteiger partial charge in [-0.3, -0.25) is 4.79 Å². The molecule has 0 unspecified atom stereocenters. The molecule has 0 fully saturated rings. The number of hydrogen-bond acceptors (Lipinski definition) is 1. The van der Waals surface area contributed by atoms with E-state index in [0.29, 0.717) is 6.42 Å². The quantitative estimate of drug-likeness (QED) is 0.804. The fraction of sp³-hybridized carbons (Fsp3) is 0.462. The van der Waals surface area contributed by atoms with E-state index in [2.05, 4.69) is 32.0 Å². The van der Waals surface area contributed by atoms with Crippen molar-refractivity contribution >= 4 is 5.97 Å². The molecule has 0 bridgehead atoms. The Labute approximate surface area is 90.9 Å². The van der Waals surface area contributed by atoms with Gasteiger partial charge in [0.15, 0.2) is 0 Å². The molecular weight excluding hydrogens is 188 g/mol. The highest BCUT2D eigenvalue weighted by molar-refractivity contribution is 5.67. The molecule has 2 heteroatoms. The van der Waals surface area contributed by atoms with Crippen LogP contribution in [-0.2, 0) is 24.1 Å². The summed E-state index contributed by atoms with van der Waals surface area (Å²) in [5.74, 6) is -0.723. The molecular formula is C13H18O2. The highest BCUT2D eigenvalue weighted by Crippen LogP contribution is 2.15. The standard InChI is InChI=1S/C13H18O2/c1-3-10-5-6-11(4-2)12(9-10)7-8-13(14)15/h5-6,9H,3-4,7-8H2,1-2H3,(H,14,15). The predicted octanol–water partition coefficient (Wildman–Crippen LogP) is 2.83. The predicted molar refractivity (Wildman–Crippen MR) is 61.2 cm³/mol. The first-order valence-electron chi connectivity index (χ1n) is 5.49. The monoisotopic (exact) mass is 206 g/mol. The summed E-state index contributed by atoms with van der Waals surface area (Å²) in [6.07, 6.45) is 2.84. The third-order valence-electron chi connectivity index (χ3n) is 2.67. The zero-order chi connectivity index (χ0) is 11.3. The fourth-order valence-corrected chi connectivity index (χ4v) is 1.72. The summed E-state index contributed by atoms with van der Waals surface area (Å²) in [6.45, 7) is 4.22. The van der Waals surface area contributed by atoms with Crippen molar-refractivity contribution in [2.24, 2.45) is 0 Å². The van der Waals surface area contributed by atoms with Crippen LogP contribution in [0.15, 0.2) is 18.2 Å². The van der Waals surface area contributed by atoms with E-state index in [0.717, 1.165) is 12.8 Å². The van der Waals surface area contributed by atoms with Gasteiger partial charge in [0.05, 0.1) is 0 Å². The van der Waals surface area contributed by atoms with Crippen molar-refractivity contribution in [3.63, 3.8) is 0 Å². The van der Waals surface area contributed by atoms with Crippen LogP contribution in [0.25, 0.3) is 0 Å². The lowest BCUT2D eigenvalue weighted by molar-refractivity contribution is -0.136. The molecule has 0 saturated heterocycles. The summed E-state index contributed by atoms with van der Waals surface area (Å²) in [7, 11) is 0. The second-order valence-corrected chi connectivity index (χ2v) is 3.70. The molecule has 0 spiro atoms. The van der Waals surface area contributed by atoms with Gasteiger partial charge in [-0.1, -0.05) is 32.0 Å². The zero-order valence-corrected chi connectivity index (χ0v) is 9.42. The van der Waals surface area contributed by atoms with Crippen molar-refractivity contribution in [3.8, 4) is 0 Å². The third-order valence-corrected chi connectivity index (χ3v) is 2.67. The lowest BCUT2D eigenvalue weighted by Gasteiger charge is -2.08. The van der Waals surface area contributed by atoms with Crippen molar-refractivity contribution in [3.05, 3.63) is 34.9 Å². The van der Waals surface area contributed by atoms with E-state index in [9.17, 15) is 4.79 Å². The Morgan fingerprint density at radius 2 is 1.93 bits per heavy atom. The molecule has 1 N–H and O–H groups in total. The highest BCUT2D eigenvalue weighted by Gasteiger charge is 2.04. The Balaban J connectivity index is 2.85. The van der Waals surface area contributed by atoms with Crippen LogP contribution in [-0.4, -0.2) is 11.1 Å². The molecule has 0 atom stereocenters. The Morgan fingerprint density at radius 3 is 2.47 bits per heavy atom. The molecule has 82 valence electrons. The Kier molecular flexibility index (Phi) is 4.35. The van der Waals surface area contributed by atoms with Gasteiger partial charge in [-0.25, -0.2) is 0 Å². The maximum absolute atomic E-state index is 10.5. The molecule has 1 aromatic carbocycles. The minimum absolute atomic E-state index is 0.222. The summed E-state index contributed by atoms with van der Waals surface area (Å²) in [5.41, 5.74) is 3.75. The lowest BCUT2D eigenvalue weighted by Crippen LogP contribution is -2.01. The average Bonchev–Trinajstić information content (AvgIpc) is 2.25. The molecule has 0 aliphatic carbocycles. The number of carbonyl (C=O) groups is 1. The van der Waals surface area contributed by atoms with Gasteiger partial charge >= 0.3 is 5.97 Å². The number of benzene rings is 1. The number of hydrogen-bond donors (Lipinski definition) is 1. The van der Waals surface area contributed by atoms with Gasteiger partial charge < -0.3 is 5.11 Å². The second kappa shape index (κ2) is 5.54. The van der Waals surface area contributed by atoms with E-state index in [-0.39, 0.29) is 6.42 Å². The van der Waals surface area contributed by atoms with Gasteiger partial charge in [-0.15, -0.1) is 0 Å². The van der Waals surface area contributed by atoms with Crippen LogP contribution in [0.3, 0.4) is 0 Å². The molecule has 0 saturated carbocycles. The normalized spacial score (nSPS) is 10.3. The average molecular weight is 206 g/mol. The minimum Gasteiger partial charge on any atom is -0.481 e. The summed E-state index contributed by atoms with van der Waals surface area (Å²) < 4.78 is 0. The number of aryl methyl sites for hydroxylation is 3. The van der Waals surface area contributed by atoms with Crippen LogP contribution in [0, 0.1) is 0 Å². The number of carboxylic acid groups (broad SMARTS) is 1. The van der Waals surface area contributed by atoms with Crippen molar-refractivity contribution in [2.75, 3.05) is 0 Å². The van der Waals surface area contributed by atoms with Gasteiger partial charge in [-0.2, -0.15) is 0 Å². The van der Waals surface area contributed by atoms with Crippen LogP contribution in [0.5, 0.6) is 0 Å². The van der Waals surface area contributed by atoms with Crippen molar-refractivity contribution in [2.45, 2.75) is 39.5 Å². The van der Waals surface area contributed by atoms with E-state index in [4.69, 9.17) is 5.11 Å². The van der Waals surface area contributed by atoms with Gasteiger partial charge in [0, 0.05) is 6.42 Å². The highest BCUT2D eigenvalue weighted by atomic mass is 16.4. The van der Waals surface area contributed by atoms with E-state index >= 15 is 0 Å². The van der Waals surface area contributed by atoms with Crippen LogP contribution in [0.1, 0.15) is 37.0 Å².